The van der Waals surface area contributed by atoms with Gasteiger partial charge in [-0.25, -0.2) is 0 Å². The maximum absolute atomic E-state index is 10.1. The average Bonchev–Trinajstić information content (AvgIpc) is 2.80. The summed E-state index contributed by atoms with van der Waals surface area (Å²) in [5.74, 6) is 0.437. The van der Waals surface area contributed by atoms with Gasteiger partial charge >= 0.3 is 0 Å². The Hall–Kier alpha value is -0.900. The first-order chi connectivity index (χ1) is 8.74. The van der Waals surface area contributed by atoms with Crippen LogP contribution in [0.15, 0.2) is 30.3 Å². The summed E-state index contributed by atoms with van der Waals surface area (Å²) in [7, 11) is 2.19. The first-order valence-corrected chi connectivity index (χ1v) is 6.88. The van der Waals surface area contributed by atoms with Gasteiger partial charge in [0.15, 0.2) is 0 Å². The van der Waals surface area contributed by atoms with Crippen molar-refractivity contribution in [2.45, 2.75) is 25.1 Å². The maximum Gasteiger partial charge on any atom is 0.0608 e. The van der Waals surface area contributed by atoms with Crippen molar-refractivity contribution in [1.82, 2.24) is 9.80 Å². The molecule has 0 saturated carbocycles. The van der Waals surface area contributed by atoms with Gasteiger partial charge in [-0.1, -0.05) is 30.3 Å². The van der Waals surface area contributed by atoms with Crippen molar-refractivity contribution in [2.75, 3.05) is 26.7 Å². The Kier molecular flexibility index (Phi) is 3.37. The van der Waals surface area contributed by atoms with E-state index in [2.05, 4.69) is 47.2 Å². The van der Waals surface area contributed by atoms with Crippen LogP contribution in [0.25, 0.3) is 0 Å². The fourth-order valence-electron chi connectivity index (χ4n) is 3.43. The van der Waals surface area contributed by atoms with Crippen LogP contribution >= 0.6 is 0 Å². The van der Waals surface area contributed by atoms with Crippen LogP contribution < -0.4 is 0 Å². The van der Waals surface area contributed by atoms with E-state index in [1.54, 1.807) is 0 Å². The average molecular weight is 246 g/mol. The van der Waals surface area contributed by atoms with Crippen LogP contribution in [0, 0.1) is 5.92 Å². The van der Waals surface area contributed by atoms with Gasteiger partial charge in [-0.3, -0.25) is 4.90 Å². The number of aliphatic hydroxyl groups is 1. The van der Waals surface area contributed by atoms with Crippen LogP contribution in [0.5, 0.6) is 0 Å². The van der Waals surface area contributed by atoms with E-state index in [0.29, 0.717) is 12.0 Å². The first-order valence-electron chi connectivity index (χ1n) is 6.88. The van der Waals surface area contributed by atoms with Crippen molar-refractivity contribution in [1.29, 1.82) is 0 Å². The highest BCUT2D eigenvalue weighted by Gasteiger charge is 2.41. The van der Waals surface area contributed by atoms with Crippen LogP contribution in [-0.4, -0.2) is 53.7 Å². The van der Waals surface area contributed by atoms with Crippen LogP contribution in [0.1, 0.15) is 12.0 Å². The Morgan fingerprint density at radius 1 is 1.22 bits per heavy atom. The van der Waals surface area contributed by atoms with Crippen LogP contribution in [0.3, 0.4) is 0 Å². The minimum Gasteiger partial charge on any atom is -0.393 e. The van der Waals surface area contributed by atoms with Gasteiger partial charge in [0.25, 0.3) is 0 Å². The molecule has 98 valence electrons. The second-order valence-corrected chi connectivity index (χ2v) is 5.75. The van der Waals surface area contributed by atoms with Gasteiger partial charge in [0.05, 0.1) is 6.10 Å². The minimum atomic E-state index is -0.105. The number of rotatable bonds is 2. The molecule has 2 aliphatic rings. The van der Waals surface area contributed by atoms with Gasteiger partial charge in [-0.15, -0.1) is 0 Å². The molecule has 2 aliphatic heterocycles. The molecule has 3 nitrogen and oxygen atoms in total. The fraction of sp³-hybridized carbons (Fsp3) is 0.600. The summed E-state index contributed by atoms with van der Waals surface area (Å²) >= 11 is 0. The van der Waals surface area contributed by atoms with E-state index in [4.69, 9.17) is 0 Å². The SMILES string of the molecule is CN1CCC(O)C2CN(Cc3ccccc3)C[C@@H]21. The highest BCUT2D eigenvalue weighted by atomic mass is 16.3. The predicted molar refractivity (Wildman–Crippen MR) is 72.3 cm³/mol. The third kappa shape index (κ3) is 2.30. The molecule has 2 saturated heterocycles. The summed E-state index contributed by atoms with van der Waals surface area (Å²) in [5, 5.41) is 10.1. The zero-order valence-electron chi connectivity index (χ0n) is 11.0. The summed E-state index contributed by atoms with van der Waals surface area (Å²) in [6.45, 7) is 4.16. The second-order valence-electron chi connectivity index (χ2n) is 5.75. The highest BCUT2D eigenvalue weighted by Crippen LogP contribution is 2.30. The lowest BCUT2D eigenvalue weighted by atomic mass is 9.90. The Morgan fingerprint density at radius 2 is 2.00 bits per heavy atom. The third-order valence-electron chi connectivity index (χ3n) is 4.50. The molecule has 0 aliphatic carbocycles. The van der Waals surface area contributed by atoms with E-state index in [-0.39, 0.29) is 6.10 Å². The predicted octanol–water partition coefficient (Wildman–Crippen LogP) is 1.18. The Labute approximate surface area is 109 Å². The van der Waals surface area contributed by atoms with Gasteiger partial charge in [-0.05, 0) is 19.0 Å². The lowest BCUT2D eigenvalue weighted by Gasteiger charge is -2.37. The van der Waals surface area contributed by atoms with Crippen LogP contribution in [0.2, 0.25) is 0 Å². The lowest BCUT2D eigenvalue weighted by Crippen LogP contribution is -2.48. The van der Waals surface area contributed by atoms with E-state index in [9.17, 15) is 5.11 Å². The Morgan fingerprint density at radius 3 is 2.72 bits per heavy atom. The highest BCUT2D eigenvalue weighted by molar-refractivity contribution is 5.15. The molecule has 0 amide bonds. The second kappa shape index (κ2) is 5.00. The molecule has 3 rings (SSSR count). The smallest absolute Gasteiger partial charge is 0.0608 e. The van der Waals surface area contributed by atoms with Gasteiger partial charge in [-0.2, -0.15) is 0 Å². The summed E-state index contributed by atoms with van der Waals surface area (Å²) < 4.78 is 0. The molecular formula is C15H22N2O. The number of piperidine rings is 1. The lowest BCUT2D eigenvalue weighted by molar-refractivity contribution is 0.0181. The minimum absolute atomic E-state index is 0.105. The molecule has 1 N–H and O–H groups in total. The van der Waals surface area contributed by atoms with Crippen molar-refractivity contribution in [3.05, 3.63) is 35.9 Å². The number of fused-ring (bicyclic) bond motifs is 1. The number of aliphatic hydroxyl groups excluding tert-OH is 1. The molecule has 18 heavy (non-hydrogen) atoms. The zero-order chi connectivity index (χ0) is 12.5. The van der Waals surface area contributed by atoms with Gasteiger partial charge in [0.2, 0.25) is 0 Å². The molecule has 0 radical (unpaired) electrons. The topological polar surface area (TPSA) is 26.7 Å². The van der Waals surface area contributed by atoms with Crippen LogP contribution in [-0.2, 0) is 6.54 Å². The molecule has 2 unspecified atom stereocenters. The largest absolute Gasteiger partial charge is 0.393 e. The zero-order valence-corrected chi connectivity index (χ0v) is 11.0. The summed E-state index contributed by atoms with van der Waals surface area (Å²) in [4.78, 5) is 4.90. The summed E-state index contributed by atoms with van der Waals surface area (Å²) in [6, 6.07) is 11.2. The molecule has 1 aromatic carbocycles. The van der Waals surface area contributed by atoms with Gasteiger partial charge < -0.3 is 10.0 Å². The Bertz CT molecular complexity index is 377. The molecule has 2 fully saturated rings. The molecule has 3 atom stereocenters. The Balaban J connectivity index is 1.67. The van der Waals surface area contributed by atoms with E-state index in [1.165, 1.54) is 5.56 Å². The molecule has 0 spiro atoms. The van der Waals surface area contributed by atoms with Crippen molar-refractivity contribution >= 4 is 0 Å². The van der Waals surface area contributed by atoms with Crippen molar-refractivity contribution < 1.29 is 5.11 Å². The van der Waals surface area contributed by atoms with Gasteiger partial charge in [0.1, 0.15) is 0 Å². The molecule has 3 heteroatoms. The quantitative estimate of drug-likeness (QED) is 0.849. The van der Waals surface area contributed by atoms with Crippen molar-refractivity contribution in [3.63, 3.8) is 0 Å². The van der Waals surface area contributed by atoms with Crippen molar-refractivity contribution in [3.8, 4) is 0 Å². The standard InChI is InChI=1S/C15H22N2O/c1-16-8-7-15(18)13-10-17(11-14(13)16)9-12-5-3-2-4-6-12/h2-6,13-15,18H,7-11H2,1H3/t13?,14-,15?/m0/s1. The molecule has 0 aromatic heterocycles. The molecular weight excluding hydrogens is 224 g/mol. The number of hydrogen-bond acceptors (Lipinski definition) is 3. The molecule has 0 bridgehead atoms. The fourth-order valence-corrected chi connectivity index (χ4v) is 3.43. The van der Waals surface area contributed by atoms with E-state index >= 15 is 0 Å². The van der Waals surface area contributed by atoms with E-state index in [0.717, 1.165) is 32.6 Å². The summed E-state index contributed by atoms with van der Waals surface area (Å²) in [5.41, 5.74) is 1.37. The maximum atomic E-state index is 10.1. The third-order valence-corrected chi connectivity index (χ3v) is 4.50. The van der Waals surface area contributed by atoms with Gasteiger partial charge in [0, 0.05) is 38.1 Å². The monoisotopic (exact) mass is 246 g/mol. The molecule has 2 heterocycles. The van der Waals surface area contributed by atoms with E-state index in [1.807, 2.05) is 0 Å². The van der Waals surface area contributed by atoms with E-state index < -0.39 is 0 Å². The van der Waals surface area contributed by atoms with Crippen molar-refractivity contribution in [2.24, 2.45) is 5.92 Å². The number of benzene rings is 1. The number of nitrogens with zero attached hydrogens (tertiary/aromatic N) is 2. The van der Waals surface area contributed by atoms with Crippen LogP contribution in [0.4, 0.5) is 0 Å². The number of hydrogen-bond donors (Lipinski definition) is 1. The summed E-state index contributed by atoms with van der Waals surface area (Å²) in [6.07, 6.45) is 0.823. The number of likely N-dealkylation sites (tertiary alicyclic amines) is 2. The molecule has 1 aromatic rings. The normalized spacial score (nSPS) is 33.6. The first kappa shape index (κ1) is 12.2. The number of likely N-dealkylation sites (N-methyl/N-ethyl adjacent to an activating group) is 1.